The molecule has 0 radical (unpaired) electrons. The summed E-state index contributed by atoms with van der Waals surface area (Å²) in [7, 11) is 0. The molecule has 0 aliphatic carbocycles. The standard InChI is InChI=1S/C19H14BrF2N3O2/c20-13-6-4-12(5-7-13)17-8-9-19(27)25(24-17)11-18(26)23-10-14-15(21)2-1-3-16(14)22/h1-9H,10-11H2,(H,23,26). The summed E-state index contributed by atoms with van der Waals surface area (Å²) in [4.78, 5) is 24.1. The van der Waals surface area contributed by atoms with Gasteiger partial charge in [-0.25, -0.2) is 13.5 Å². The Morgan fingerprint density at radius 2 is 1.70 bits per heavy atom. The molecule has 5 nitrogen and oxygen atoms in total. The number of nitrogens with one attached hydrogen (secondary N) is 1. The molecule has 0 saturated carbocycles. The maximum atomic E-state index is 13.6. The first-order chi connectivity index (χ1) is 12.9. The molecule has 3 rings (SSSR count). The van der Waals surface area contributed by atoms with Crippen LogP contribution in [0.1, 0.15) is 5.56 Å². The third-order valence-corrected chi connectivity index (χ3v) is 4.35. The molecule has 0 unspecified atom stereocenters. The van der Waals surface area contributed by atoms with Gasteiger partial charge < -0.3 is 5.32 Å². The molecule has 1 heterocycles. The summed E-state index contributed by atoms with van der Waals surface area (Å²) in [6, 6.07) is 13.7. The zero-order chi connectivity index (χ0) is 19.4. The molecule has 27 heavy (non-hydrogen) atoms. The van der Waals surface area contributed by atoms with Crippen LogP contribution in [0.15, 0.2) is 63.9 Å². The highest BCUT2D eigenvalue weighted by atomic mass is 79.9. The van der Waals surface area contributed by atoms with Crippen LogP contribution in [0, 0.1) is 11.6 Å². The van der Waals surface area contributed by atoms with E-state index in [1.807, 2.05) is 24.3 Å². The minimum absolute atomic E-state index is 0.241. The van der Waals surface area contributed by atoms with Gasteiger partial charge in [-0.1, -0.05) is 34.1 Å². The fourth-order valence-corrected chi connectivity index (χ4v) is 2.68. The van der Waals surface area contributed by atoms with Crippen molar-refractivity contribution in [3.63, 3.8) is 0 Å². The van der Waals surface area contributed by atoms with E-state index >= 15 is 0 Å². The third kappa shape index (κ3) is 4.65. The van der Waals surface area contributed by atoms with Crippen LogP contribution in [0.25, 0.3) is 11.3 Å². The first-order valence-electron chi connectivity index (χ1n) is 7.98. The van der Waals surface area contributed by atoms with Crippen molar-refractivity contribution in [2.45, 2.75) is 13.1 Å². The first kappa shape index (κ1) is 18.9. The van der Waals surface area contributed by atoms with E-state index in [0.29, 0.717) is 5.69 Å². The van der Waals surface area contributed by atoms with Crippen molar-refractivity contribution in [3.05, 3.63) is 86.6 Å². The summed E-state index contributed by atoms with van der Waals surface area (Å²) >= 11 is 3.34. The molecule has 1 aromatic heterocycles. The van der Waals surface area contributed by atoms with Crippen molar-refractivity contribution in [2.75, 3.05) is 0 Å². The van der Waals surface area contributed by atoms with Crippen molar-refractivity contribution >= 4 is 21.8 Å². The largest absolute Gasteiger partial charge is 0.350 e. The van der Waals surface area contributed by atoms with E-state index in [1.165, 1.54) is 12.1 Å². The lowest BCUT2D eigenvalue weighted by Gasteiger charge is -2.09. The molecule has 1 amide bonds. The Balaban J connectivity index is 1.73. The number of hydrogen-bond donors (Lipinski definition) is 1. The van der Waals surface area contributed by atoms with Gasteiger partial charge in [-0.3, -0.25) is 9.59 Å². The molecule has 0 spiro atoms. The van der Waals surface area contributed by atoms with Crippen LogP contribution < -0.4 is 10.9 Å². The maximum Gasteiger partial charge on any atom is 0.267 e. The Bertz CT molecular complexity index is 1020. The number of nitrogens with zero attached hydrogens (tertiary/aromatic N) is 2. The number of amides is 1. The Kier molecular flexibility index (Phi) is 5.75. The third-order valence-electron chi connectivity index (χ3n) is 3.82. The summed E-state index contributed by atoms with van der Waals surface area (Å²) in [5.41, 5.74) is 0.605. The van der Waals surface area contributed by atoms with Gasteiger partial charge in [0.1, 0.15) is 18.2 Å². The van der Waals surface area contributed by atoms with Gasteiger partial charge >= 0.3 is 0 Å². The zero-order valence-corrected chi connectivity index (χ0v) is 15.5. The van der Waals surface area contributed by atoms with Crippen molar-refractivity contribution in [1.29, 1.82) is 0 Å². The van der Waals surface area contributed by atoms with E-state index in [2.05, 4.69) is 26.3 Å². The second-order valence-corrected chi connectivity index (χ2v) is 6.61. The molecular weight excluding hydrogens is 420 g/mol. The van der Waals surface area contributed by atoms with E-state index in [9.17, 15) is 18.4 Å². The minimum Gasteiger partial charge on any atom is -0.350 e. The van der Waals surface area contributed by atoms with E-state index in [1.54, 1.807) is 6.07 Å². The number of halogens is 3. The highest BCUT2D eigenvalue weighted by Crippen LogP contribution is 2.18. The molecule has 0 bridgehead atoms. The molecule has 2 aromatic carbocycles. The van der Waals surface area contributed by atoms with Crippen molar-refractivity contribution in [1.82, 2.24) is 15.1 Å². The number of rotatable bonds is 5. The number of aromatic nitrogens is 2. The fraction of sp³-hybridized carbons (Fsp3) is 0.105. The van der Waals surface area contributed by atoms with Gasteiger partial charge in [0.15, 0.2) is 0 Å². The highest BCUT2D eigenvalue weighted by molar-refractivity contribution is 9.10. The normalized spacial score (nSPS) is 10.6. The predicted molar refractivity (Wildman–Crippen MR) is 99.8 cm³/mol. The van der Waals surface area contributed by atoms with Crippen LogP contribution in [-0.2, 0) is 17.9 Å². The van der Waals surface area contributed by atoms with Gasteiger partial charge in [0, 0.05) is 28.2 Å². The quantitative estimate of drug-likeness (QED) is 0.671. The van der Waals surface area contributed by atoms with Crippen LogP contribution in [0.3, 0.4) is 0 Å². The number of carbonyl (C=O) groups is 1. The van der Waals surface area contributed by atoms with Gasteiger partial charge in [-0.15, -0.1) is 0 Å². The molecule has 0 saturated heterocycles. The van der Waals surface area contributed by atoms with Gasteiger partial charge in [0.2, 0.25) is 5.91 Å². The average molecular weight is 434 g/mol. The lowest BCUT2D eigenvalue weighted by molar-refractivity contribution is -0.122. The Morgan fingerprint density at radius 1 is 1.04 bits per heavy atom. The fourth-order valence-electron chi connectivity index (χ4n) is 2.42. The zero-order valence-electron chi connectivity index (χ0n) is 14.0. The highest BCUT2D eigenvalue weighted by Gasteiger charge is 2.12. The van der Waals surface area contributed by atoms with Gasteiger partial charge in [0.05, 0.1) is 5.69 Å². The van der Waals surface area contributed by atoms with Crippen LogP contribution in [0.4, 0.5) is 8.78 Å². The summed E-state index contributed by atoms with van der Waals surface area (Å²) in [5, 5.41) is 6.58. The summed E-state index contributed by atoms with van der Waals surface area (Å²) in [5.74, 6) is -2.08. The minimum atomic E-state index is -0.747. The lowest BCUT2D eigenvalue weighted by atomic mass is 10.1. The number of hydrogen-bond acceptors (Lipinski definition) is 3. The molecule has 0 fully saturated rings. The van der Waals surface area contributed by atoms with E-state index in [-0.39, 0.29) is 18.7 Å². The van der Waals surface area contributed by atoms with Crippen LogP contribution in [0.2, 0.25) is 0 Å². The summed E-state index contributed by atoms with van der Waals surface area (Å²) in [6.07, 6.45) is 0. The molecular formula is C19H14BrF2N3O2. The Labute approximate surface area is 161 Å². The second kappa shape index (κ2) is 8.22. The lowest BCUT2D eigenvalue weighted by Crippen LogP contribution is -2.33. The second-order valence-electron chi connectivity index (χ2n) is 5.70. The van der Waals surface area contributed by atoms with Crippen LogP contribution in [0.5, 0.6) is 0 Å². The maximum absolute atomic E-state index is 13.6. The van der Waals surface area contributed by atoms with Gasteiger partial charge in [-0.2, -0.15) is 5.10 Å². The molecule has 138 valence electrons. The van der Waals surface area contributed by atoms with E-state index < -0.39 is 23.1 Å². The SMILES string of the molecule is O=C(Cn1nc(-c2ccc(Br)cc2)ccc1=O)NCc1c(F)cccc1F. The molecule has 0 aliphatic heterocycles. The topological polar surface area (TPSA) is 64.0 Å². The Morgan fingerprint density at radius 3 is 2.37 bits per heavy atom. The van der Waals surface area contributed by atoms with E-state index in [0.717, 1.165) is 26.9 Å². The van der Waals surface area contributed by atoms with E-state index in [4.69, 9.17) is 0 Å². The Hall–Kier alpha value is -2.87. The van der Waals surface area contributed by atoms with Crippen molar-refractivity contribution in [3.8, 4) is 11.3 Å². The predicted octanol–water partition coefficient (Wildman–Crippen LogP) is 3.27. The average Bonchev–Trinajstić information content (AvgIpc) is 2.64. The molecule has 8 heteroatoms. The molecule has 1 N–H and O–H groups in total. The van der Waals surface area contributed by atoms with Crippen molar-refractivity contribution in [2.24, 2.45) is 0 Å². The molecule has 0 atom stereocenters. The summed E-state index contributed by atoms with van der Waals surface area (Å²) in [6.45, 7) is -0.683. The van der Waals surface area contributed by atoms with Crippen LogP contribution >= 0.6 is 15.9 Å². The number of carbonyl (C=O) groups excluding carboxylic acids is 1. The molecule has 3 aromatic rings. The van der Waals surface area contributed by atoms with Crippen molar-refractivity contribution < 1.29 is 13.6 Å². The number of benzene rings is 2. The molecule has 0 aliphatic rings. The van der Waals surface area contributed by atoms with Gasteiger partial charge in [0.25, 0.3) is 5.56 Å². The first-order valence-corrected chi connectivity index (χ1v) is 8.77. The van der Waals surface area contributed by atoms with Gasteiger partial charge in [-0.05, 0) is 30.3 Å². The summed E-state index contributed by atoms with van der Waals surface area (Å²) < 4.78 is 29.1. The van der Waals surface area contributed by atoms with Crippen LogP contribution in [-0.4, -0.2) is 15.7 Å². The smallest absolute Gasteiger partial charge is 0.267 e. The monoisotopic (exact) mass is 433 g/mol.